The molecule has 0 aliphatic carbocycles. The van der Waals surface area contributed by atoms with Gasteiger partial charge in [0.2, 0.25) is 0 Å². The van der Waals surface area contributed by atoms with E-state index in [4.69, 9.17) is 0 Å². The maximum atomic E-state index is 3.66. The minimum atomic E-state index is 0.262. The van der Waals surface area contributed by atoms with Gasteiger partial charge in [0.1, 0.15) is 0 Å². The number of nitrogens with one attached hydrogen (secondary N) is 1. The molecule has 0 amide bonds. The Morgan fingerprint density at radius 1 is 1.10 bits per heavy atom. The van der Waals surface area contributed by atoms with Crippen LogP contribution < -0.4 is 5.32 Å². The summed E-state index contributed by atoms with van der Waals surface area (Å²) in [5.41, 5.74) is 4.11. The van der Waals surface area contributed by atoms with Gasteiger partial charge in [0.15, 0.2) is 0 Å². The van der Waals surface area contributed by atoms with Gasteiger partial charge in [0.25, 0.3) is 0 Å². The highest BCUT2D eigenvalue weighted by molar-refractivity contribution is 14.1. The molecule has 2 aromatic carbocycles. The number of benzene rings is 2. The molecule has 3 rings (SSSR count). The van der Waals surface area contributed by atoms with Crippen molar-refractivity contribution in [3.8, 4) is 0 Å². The zero-order valence-corrected chi connectivity index (χ0v) is 15.2. The van der Waals surface area contributed by atoms with Crippen LogP contribution in [0.5, 0.6) is 0 Å². The smallest absolute Gasteiger partial charge is 0.0601 e. The van der Waals surface area contributed by atoms with E-state index in [0.717, 1.165) is 6.54 Å². The number of fused-ring (bicyclic) bond motifs is 1. The number of halogens is 1. The highest BCUT2D eigenvalue weighted by atomic mass is 127. The van der Waals surface area contributed by atoms with Gasteiger partial charge in [-0.1, -0.05) is 43.3 Å². The Morgan fingerprint density at radius 3 is 2.71 bits per heavy atom. The number of aryl methyl sites for hydroxylation is 1. The molecule has 0 fully saturated rings. The van der Waals surface area contributed by atoms with E-state index in [2.05, 4.69) is 89.6 Å². The first kappa shape index (κ1) is 15.0. The SMILES string of the molecule is CCNC(c1cccc(C)c1I)c1csc2ccccc12. The molecule has 0 spiro atoms. The molecule has 0 radical (unpaired) electrons. The predicted octanol–water partition coefficient (Wildman–Crippen LogP) is 5.51. The van der Waals surface area contributed by atoms with Crippen LogP contribution in [0.4, 0.5) is 0 Å². The first-order valence-corrected chi connectivity index (χ1v) is 9.12. The zero-order valence-electron chi connectivity index (χ0n) is 12.2. The fourth-order valence-electron chi connectivity index (χ4n) is 2.71. The highest BCUT2D eigenvalue weighted by Crippen LogP contribution is 2.35. The third-order valence-corrected chi connectivity index (χ3v) is 6.22. The minimum Gasteiger partial charge on any atom is -0.306 e. The summed E-state index contributed by atoms with van der Waals surface area (Å²) in [5.74, 6) is 0. The normalized spacial score (nSPS) is 12.7. The van der Waals surface area contributed by atoms with E-state index in [0.29, 0.717) is 0 Å². The second-order valence-electron chi connectivity index (χ2n) is 5.16. The van der Waals surface area contributed by atoms with Crippen LogP contribution in [0.25, 0.3) is 10.1 Å². The minimum absolute atomic E-state index is 0.262. The fraction of sp³-hybridized carbons (Fsp3) is 0.222. The lowest BCUT2D eigenvalue weighted by molar-refractivity contribution is 0.633. The molecule has 0 bridgehead atoms. The van der Waals surface area contributed by atoms with Crippen molar-refractivity contribution in [2.45, 2.75) is 19.9 Å². The molecule has 0 aliphatic rings. The summed E-state index contributed by atoms with van der Waals surface area (Å²) in [6.45, 7) is 5.31. The highest BCUT2D eigenvalue weighted by Gasteiger charge is 2.19. The lowest BCUT2D eigenvalue weighted by atomic mass is 9.97. The summed E-state index contributed by atoms with van der Waals surface area (Å²) < 4.78 is 2.72. The summed E-state index contributed by atoms with van der Waals surface area (Å²) >= 11 is 4.30. The summed E-state index contributed by atoms with van der Waals surface area (Å²) in [7, 11) is 0. The van der Waals surface area contributed by atoms with Crippen molar-refractivity contribution >= 4 is 44.0 Å². The molecule has 3 aromatic rings. The van der Waals surface area contributed by atoms with E-state index >= 15 is 0 Å². The van der Waals surface area contributed by atoms with Crippen molar-refractivity contribution in [1.29, 1.82) is 0 Å². The van der Waals surface area contributed by atoms with Gasteiger partial charge in [-0.3, -0.25) is 0 Å². The lowest BCUT2D eigenvalue weighted by Gasteiger charge is -2.20. The van der Waals surface area contributed by atoms with Crippen molar-refractivity contribution < 1.29 is 0 Å². The molecular formula is C18H18INS. The van der Waals surface area contributed by atoms with Crippen LogP contribution in [0.2, 0.25) is 0 Å². The van der Waals surface area contributed by atoms with Gasteiger partial charge in [-0.15, -0.1) is 11.3 Å². The average Bonchev–Trinajstić information content (AvgIpc) is 2.92. The molecule has 0 saturated heterocycles. The molecule has 1 heterocycles. The van der Waals surface area contributed by atoms with Crippen molar-refractivity contribution in [3.63, 3.8) is 0 Å². The van der Waals surface area contributed by atoms with E-state index < -0.39 is 0 Å². The Kier molecular flexibility index (Phi) is 4.62. The van der Waals surface area contributed by atoms with Crippen LogP contribution >= 0.6 is 33.9 Å². The fourth-order valence-corrected chi connectivity index (χ4v) is 4.36. The van der Waals surface area contributed by atoms with E-state index in [1.807, 2.05) is 11.3 Å². The van der Waals surface area contributed by atoms with Gasteiger partial charge in [0.05, 0.1) is 6.04 Å². The van der Waals surface area contributed by atoms with Gasteiger partial charge in [-0.25, -0.2) is 0 Å². The topological polar surface area (TPSA) is 12.0 Å². The third kappa shape index (κ3) is 2.87. The second-order valence-corrected chi connectivity index (χ2v) is 7.15. The van der Waals surface area contributed by atoms with Crippen LogP contribution in [0.1, 0.15) is 29.7 Å². The van der Waals surface area contributed by atoms with Gasteiger partial charge < -0.3 is 5.32 Å². The molecule has 1 aromatic heterocycles. The predicted molar refractivity (Wildman–Crippen MR) is 101 cm³/mol. The maximum absolute atomic E-state index is 3.66. The van der Waals surface area contributed by atoms with Crippen molar-refractivity contribution in [2.75, 3.05) is 6.54 Å². The molecule has 0 saturated carbocycles. The molecule has 3 heteroatoms. The summed E-state index contributed by atoms with van der Waals surface area (Å²) in [4.78, 5) is 0. The van der Waals surface area contributed by atoms with Crippen LogP contribution in [-0.4, -0.2) is 6.54 Å². The van der Waals surface area contributed by atoms with Crippen LogP contribution in [0.3, 0.4) is 0 Å². The number of rotatable bonds is 4. The van der Waals surface area contributed by atoms with Crippen molar-refractivity contribution in [2.24, 2.45) is 0 Å². The Labute approximate surface area is 143 Å². The Bertz CT molecular complexity index is 763. The van der Waals surface area contributed by atoms with Crippen LogP contribution in [-0.2, 0) is 0 Å². The maximum Gasteiger partial charge on any atom is 0.0601 e. The third-order valence-electron chi connectivity index (χ3n) is 3.76. The number of hydrogen-bond acceptors (Lipinski definition) is 2. The van der Waals surface area contributed by atoms with E-state index in [1.165, 1.54) is 30.3 Å². The number of thiophene rings is 1. The summed E-state index contributed by atoms with van der Waals surface area (Å²) in [6, 6.07) is 15.5. The van der Waals surface area contributed by atoms with E-state index in [-0.39, 0.29) is 6.04 Å². The molecule has 21 heavy (non-hydrogen) atoms. The van der Waals surface area contributed by atoms with Crippen molar-refractivity contribution in [1.82, 2.24) is 5.32 Å². The molecule has 1 N–H and O–H groups in total. The lowest BCUT2D eigenvalue weighted by Crippen LogP contribution is -2.22. The largest absolute Gasteiger partial charge is 0.306 e. The van der Waals surface area contributed by atoms with Crippen molar-refractivity contribution in [3.05, 3.63) is 68.1 Å². The second kappa shape index (κ2) is 6.46. The summed E-state index contributed by atoms with van der Waals surface area (Å²) in [5, 5.41) is 7.33. The Morgan fingerprint density at radius 2 is 1.90 bits per heavy atom. The van der Waals surface area contributed by atoms with Crippen LogP contribution in [0.15, 0.2) is 47.8 Å². The van der Waals surface area contributed by atoms with Gasteiger partial charge >= 0.3 is 0 Å². The van der Waals surface area contributed by atoms with E-state index in [1.54, 1.807) is 0 Å². The first-order chi connectivity index (χ1) is 10.2. The van der Waals surface area contributed by atoms with Gasteiger partial charge in [-0.2, -0.15) is 0 Å². The monoisotopic (exact) mass is 407 g/mol. The molecule has 1 atom stereocenters. The Balaban J connectivity index is 2.16. The Hall–Kier alpha value is -0.910. The molecule has 1 nitrogen and oxygen atoms in total. The van der Waals surface area contributed by atoms with Gasteiger partial charge in [0, 0.05) is 8.27 Å². The number of hydrogen-bond donors (Lipinski definition) is 1. The zero-order chi connectivity index (χ0) is 14.8. The molecular weight excluding hydrogens is 389 g/mol. The average molecular weight is 407 g/mol. The molecule has 1 unspecified atom stereocenters. The van der Waals surface area contributed by atoms with Gasteiger partial charge in [-0.05, 0) is 69.6 Å². The standard InChI is InChI=1S/C18H18INS/c1-3-20-18(14-9-6-7-12(2)17(14)19)15-11-21-16-10-5-4-8-13(15)16/h4-11,18,20H,3H2,1-2H3. The molecule has 108 valence electrons. The van der Waals surface area contributed by atoms with E-state index in [9.17, 15) is 0 Å². The summed E-state index contributed by atoms with van der Waals surface area (Å²) in [6.07, 6.45) is 0. The molecule has 0 aliphatic heterocycles. The van der Waals surface area contributed by atoms with Crippen LogP contribution in [0, 0.1) is 10.5 Å². The quantitative estimate of drug-likeness (QED) is 0.562. The first-order valence-electron chi connectivity index (χ1n) is 7.17.